The summed E-state index contributed by atoms with van der Waals surface area (Å²) in [6.07, 6.45) is 3.24. The summed E-state index contributed by atoms with van der Waals surface area (Å²) in [4.78, 5) is 0.251. The second-order valence-electron chi connectivity index (χ2n) is 4.19. The standard InChI is InChI=1S/C12H14F3NS/c13-12(14,15)17-11-5-3-9(4-6-11)8-10-2-1-7-16-10/h3-6,10,16H,1-2,7-8H2. The van der Waals surface area contributed by atoms with E-state index in [1.54, 1.807) is 24.3 Å². The zero-order valence-electron chi connectivity index (χ0n) is 9.26. The van der Waals surface area contributed by atoms with Crippen LogP contribution in [0.4, 0.5) is 13.2 Å². The average molecular weight is 261 g/mol. The molecule has 1 aromatic carbocycles. The lowest BCUT2D eigenvalue weighted by atomic mass is 10.1. The van der Waals surface area contributed by atoms with Gasteiger partial charge in [0.2, 0.25) is 0 Å². The Bertz CT molecular complexity index is 355. The lowest BCUT2D eigenvalue weighted by Crippen LogP contribution is -2.23. The lowest BCUT2D eigenvalue weighted by Gasteiger charge is -2.11. The first kappa shape index (κ1) is 12.8. The van der Waals surface area contributed by atoms with Gasteiger partial charge in [-0.05, 0) is 55.3 Å². The fourth-order valence-electron chi connectivity index (χ4n) is 2.04. The molecule has 1 fully saturated rings. The summed E-state index contributed by atoms with van der Waals surface area (Å²) in [6, 6.07) is 7.14. The Hall–Kier alpha value is -0.680. The SMILES string of the molecule is FC(F)(F)Sc1ccc(CC2CCCN2)cc1. The van der Waals surface area contributed by atoms with Crippen LogP contribution < -0.4 is 5.32 Å². The van der Waals surface area contributed by atoms with Crippen LogP contribution in [0.5, 0.6) is 0 Å². The van der Waals surface area contributed by atoms with Gasteiger partial charge in [0, 0.05) is 10.9 Å². The summed E-state index contributed by atoms with van der Waals surface area (Å²) in [5, 5.41) is 3.37. The normalized spacial score (nSPS) is 20.8. The molecule has 0 bridgehead atoms. The third kappa shape index (κ3) is 4.24. The first-order valence-corrected chi connectivity index (χ1v) is 6.43. The minimum Gasteiger partial charge on any atom is -0.314 e. The maximum atomic E-state index is 12.1. The Morgan fingerprint density at radius 1 is 1.24 bits per heavy atom. The molecule has 1 nitrogen and oxygen atoms in total. The highest BCUT2D eigenvalue weighted by Gasteiger charge is 2.29. The van der Waals surface area contributed by atoms with Gasteiger partial charge in [-0.15, -0.1) is 0 Å². The van der Waals surface area contributed by atoms with Crippen LogP contribution in [0.1, 0.15) is 18.4 Å². The molecule has 0 saturated carbocycles. The molecule has 1 aliphatic heterocycles. The van der Waals surface area contributed by atoms with Crippen LogP contribution in [0.25, 0.3) is 0 Å². The van der Waals surface area contributed by atoms with Crippen molar-refractivity contribution in [1.82, 2.24) is 5.32 Å². The molecule has 1 aromatic rings. The summed E-state index contributed by atoms with van der Waals surface area (Å²) in [5.41, 5.74) is -3.11. The van der Waals surface area contributed by atoms with Crippen LogP contribution >= 0.6 is 11.8 Å². The van der Waals surface area contributed by atoms with Crippen LogP contribution in [0, 0.1) is 0 Å². The van der Waals surface area contributed by atoms with Crippen LogP contribution in [0.2, 0.25) is 0 Å². The van der Waals surface area contributed by atoms with Gasteiger partial charge in [-0.1, -0.05) is 12.1 Å². The van der Waals surface area contributed by atoms with Crippen LogP contribution in [0.3, 0.4) is 0 Å². The van der Waals surface area contributed by atoms with Gasteiger partial charge in [-0.3, -0.25) is 0 Å². The third-order valence-electron chi connectivity index (χ3n) is 2.80. The first-order valence-electron chi connectivity index (χ1n) is 5.61. The predicted molar refractivity (Wildman–Crippen MR) is 63.1 cm³/mol. The van der Waals surface area contributed by atoms with Crippen molar-refractivity contribution in [2.75, 3.05) is 6.54 Å². The zero-order chi connectivity index (χ0) is 12.3. The fraction of sp³-hybridized carbons (Fsp3) is 0.500. The van der Waals surface area contributed by atoms with E-state index in [-0.39, 0.29) is 16.7 Å². The molecule has 0 radical (unpaired) electrons. The van der Waals surface area contributed by atoms with Crippen molar-refractivity contribution >= 4 is 11.8 Å². The molecule has 1 unspecified atom stereocenters. The highest BCUT2D eigenvalue weighted by Crippen LogP contribution is 2.36. The van der Waals surface area contributed by atoms with E-state index in [4.69, 9.17) is 0 Å². The van der Waals surface area contributed by atoms with Crippen LogP contribution in [-0.2, 0) is 6.42 Å². The van der Waals surface area contributed by atoms with E-state index in [1.807, 2.05) is 0 Å². The molecule has 5 heteroatoms. The molecule has 0 spiro atoms. The summed E-state index contributed by atoms with van der Waals surface area (Å²) < 4.78 is 36.4. The van der Waals surface area contributed by atoms with Crippen molar-refractivity contribution in [2.24, 2.45) is 0 Å². The first-order chi connectivity index (χ1) is 8.03. The molecular weight excluding hydrogens is 247 g/mol. The molecule has 0 amide bonds. The minimum atomic E-state index is -4.20. The maximum absolute atomic E-state index is 12.1. The number of hydrogen-bond donors (Lipinski definition) is 1. The lowest BCUT2D eigenvalue weighted by molar-refractivity contribution is -0.0328. The second kappa shape index (κ2) is 5.31. The number of thioether (sulfide) groups is 1. The van der Waals surface area contributed by atoms with E-state index in [9.17, 15) is 13.2 Å². The number of nitrogens with one attached hydrogen (secondary N) is 1. The van der Waals surface area contributed by atoms with E-state index in [0.717, 1.165) is 24.9 Å². The maximum Gasteiger partial charge on any atom is 0.446 e. The summed E-state index contributed by atoms with van der Waals surface area (Å²) in [7, 11) is 0. The smallest absolute Gasteiger partial charge is 0.314 e. The highest BCUT2D eigenvalue weighted by atomic mass is 32.2. The molecule has 1 N–H and O–H groups in total. The Balaban J connectivity index is 1.93. The van der Waals surface area contributed by atoms with Gasteiger partial charge in [0.05, 0.1) is 0 Å². The van der Waals surface area contributed by atoms with E-state index < -0.39 is 5.51 Å². The molecule has 0 aromatic heterocycles. The molecule has 1 heterocycles. The van der Waals surface area contributed by atoms with Gasteiger partial charge < -0.3 is 5.32 Å². The van der Waals surface area contributed by atoms with Gasteiger partial charge in [0.15, 0.2) is 0 Å². The van der Waals surface area contributed by atoms with Gasteiger partial charge in [-0.25, -0.2) is 0 Å². The predicted octanol–water partition coefficient (Wildman–Crippen LogP) is 3.59. The van der Waals surface area contributed by atoms with Crippen molar-refractivity contribution < 1.29 is 13.2 Å². The molecule has 1 saturated heterocycles. The number of benzene rings is 1. The molecule has 0 aliphatic carbocycles. The van der Waals surface area contributed by atoms with Gasteiger partial charge in [-0.2, -0.15) is 13.2 Å². The summed E-state index contributed by atoms with van der Waals surface area (Å²) in [6.45, 7) is 1.05. The van der Waals surface area contributed by atoms with Crippen molar-refractivity contribution in [1.29, 1.82) is 0 Å². The van der Waals surface area contributed by atoms with Crippen molar-refractivity contribution in [3.63, 3.8) is 0 Å². The molecule has 2 rings (SSSR count). The Labute approximate surface area is 103 Å². The average Bonchev–Trinajstić information content (AvgIpc) is 2.71. The van der Waals surface area contributed by atoms with Gasteiger partial charge in [0.1, 0.15) is 0 Å². The Morgan fingerprint density at radius 3 is 2.47 bits per heavy atom. The van der Waals surface area contributed by atoms with Crippen molar-refractivity contribution in [3.8, 4) is 0 Å². The monoisotopic (exact) mass is 261 g/mol. The van der Waals surface area contributed by atoms with E-state index in [2.05, 4.69) is 5.32 Å². The Morgan fingerprint density at radius 2 is 1.94 bits per heavy atom. The zero-order valence-corrected chi connectivity index (χ0v) is 10.1. The fourth-order valence-corrected chi connectivity index (χ4v) is 2.58. The molecule has 94 valence electrons. The molecule has 1 atom stereocenters. The van der Waals surface area contributed by atoms with Gasteiger partial charge in [0.25, 0.3) is 0 Å². The van der Waals surface area contributed by atoms with Gasteiger partial charge >= 0.3 is 5.51 Å². The Kier molecular flexibility index (Phi) is 3.99. The van der Waals surface area contributed by atoms with Crippen LogP contribution in [0.15, 0.2) is 29.2 Å². The largest absolute Gasteiger partial charge is 0.446 e. The highest BCUT2D eigenvalue weighted by molar-refractivity contribution is 8.00. The van der Waals surface area contributed by atoms with Crippen molar-refractivity contribution in [2.45, 2.75) is 35.7 Å². The van der Waals surface area contributed by atoms with Crippen LogP contribution in [-0.4, -0.2) is 18.1 Å². The quantitative estimate of drug-likeness (QED) is 0.834. The number of halogens is 3. The van der Waals surface area contributed by atoms with E-state index >= 15 is 0 Å². The number of alkyl halides is 3. The third-order valence-corrected chi connectivity index (χ3v) is 3.54. The molecule has 17 heavy (non-hydrogen) atoms. The summed E-state index contributed by atoms with van der Waals surface area (Å²) >= 11 is -0.0634. The molecule has 1 aliphatic rings. The number of hydrogen-bond acceptors (Lipinski definition) is 2. The molecular formula is C12H14F3NS. The number of rotatable bonds is 3. The van der Waals surface area contributed by atoms with E-state index in [1.165, 1.54) is 6.42 Å². The topological polar surface area (TPSA) is 12.0 Å². The van der Waals surface area contributed by atoms with Crippen molar-refractivity contribution in [3.05, 3.63) is 29.8 Å². The second-order valence-corrected chi connectivity index (χ2v) is 5.33. The van der Waals surface area contributed by atoms with E-state index in [0.29, 0.717) is 6.04 Å². The minimum absolute atomic E-state index is 0.0634. The summed E-state index contributed by atoms with van der Waals surface area (Å²) in [5.74, 6) is 0.